The third-order valence-corrected chi connectivity index (χ3v) is 4.26. The summed E-state index contributed by atoms with van der Waals surface area (Å²) in [6.07, 6.45) is 4.31. The lowest BCUT2D eigenvalue weighted by molar-refractivity contribution is -0.120. The molecule has 6 heteroatoms. The number of imidazole rings is 1. The van der Waals surface area contributed by atoms with Crippen molar-refractivity contribution in [1.29, 1.82) is 0 Å². The SMILES string of the molecule is COc1ccc(-n2ccnc2CN2CCC(=O)NCC2C)cc1. The zero-order valence-corrected chi connectivity index (χ0v) is 13.5. The zero-order valence-electron chi connectivity index (χ0n) is 13.5. The predicted molar refractivity (Wildman–Crippen MR) is 87.6 cm³/mol. The van der Waals surface area contributed by atoms with E-state index in [9.17, 15) is 4.79 Å². The van der Waals surface area contributed by atoms with E-state index in [4.69, 9.17) is 4.74 Å². The van der Waals surface area contributed by atoms with E-state index in [2.05, 4.69) is 26.7 Å². The predicted octanol–water partition coefficient (Wildman–Crippen LogP) is 1.59. The van der Waals surface area contributed by atoms with Crippen LogP contribution in [0.25, 0.3) is 5.69 Å². The molecule has 1 aromatic heterocycles. The van der Waals surface area contributed by atoms with Gasteiger partial charge in [0.15, 0.2) is 0 Å². The highest BCUT2D eigenvalue weighted by Crippen LogP contribution is 2.18. The van der Waals surface area contributed by atoms with E-state index in [0.29, 0.717) is 19.0 Å². The fourth-order valence-corrected chi connectivity index (χ4v) is 2.79. The number of amides is 1. The number of ether oxygens (including phenoxy) is 1. The van der Waals surface area contributed by atoms with Crippen LogP contribution in [0, 0.1) is 0 Å². The first-order valence-electron chi connectivity index (χ1n) is 7.85. The van der Waals surface area contributed by atoms with Crippen molar-refractivity contribution in [3.05, 3.63) is 42.5 Å². The summed E-state index contributed by atoms with van der Waals surface area (Å²) in [6.45, 7) is 4.28. The highest BCUT2D eigenvalue weighted by Gasteiger charge is 2.21. The number of carbonyl (C=O) groups is 1. The Hall–Kier alpha value is -2.34. The average Bonchev–Trinajstić information content (AvgIpc) is 2.98. The minimum absolute atomic E-state index is 0.123. The maximum Gasteiger partial charge on any atom is 0.221 e. The van der Waals surface area contributed by atoms with E-state index >= 15 is 0 Å². The summed E-state index contributed by atoms with van der Waals surface area (Å²) in [5.41, 5.74) is 1.05. The maximum atomic E-state index is 11.6. The van der Waals surface area contributed by atoms with Crippen LogP contribution in [0.5, 0.6) is 5.75 Å². The van der Waals surface area contributed by atoms with Gasteiger partial charge >= 0.3 is 0 Å². The van der Waals surface area contributed by atoms with Gasteiger partial charge in [0.05, 0.1) is 13.7 Å². The molecule has 0 saturated carbocycles. The molecule has 122 valence electrons. The van der Waals surface area contributed by atoms with Crippen molar-refractivity contribution in [2.24, 2.45) is 0 Å². The van der Waals surface area contributed by atoms with Gasteiger partial charge in [-0.2, -0.15) is 0 Å². The standard InChI is InChI=1S/C17H22N4O2/c1-13-11-19-17(22)7-9-20(13)12-16-18-8-10-21(16)14-3-5-15(23-2)6-4-14/h3-6,8,10,13H,7,9,11-12H2,1-2H3,(H,19,22). The summed E-state index contributed by atoms with van der Waals surface area (Å²) in [6, 6.07) is 8.21. The maximum absolute atomic E-state index is 11.6. The molecule has 1 atom stereocenters. The van der Waals surface area contributed by atoms with E-state index in [1.54, 1.807) is 7.11 Å². The summed E-state index contributed by atoms with van der Waals surface area (Å²) in [4.78, 5) is 18.3. The Balaban J connectivity index is 1.78. The van der Waals surface area contributed by atoms with Crippen LogP contribution in [-0.4, -0.2) is 46.6 Å². The van der Waals surface area contributed by atoms with Gasteiger partial charge in [-0.25, -0.2) is 4.98 Å². The molecule has 23 heavy (non-hydrogen) atoms. The van der Waals surface area contributed by atoms with Crippen molar-refractivity contribution in [1.82, 2.24) is 19.8 Å². The number of nitrogens with zero attached hydrogens (tertiary/aromatic N) is 3. The van der Waals surface area contributed by atoms with Gasteiger partial charge in [-0.05, 0) is 31.2 Å². The third kappa shape index (κ3) is 3.53. The normalized spacial score (nSPS) is 19.2. The number of benzene rings is 1. The first kappa shape index (κ1) is 15.6. The molecule has 1 N–H and O–H groups in total. The van der Waals surface area contributed by atoms with Crippen LogP contribution >= 0.6 is 0 Å². The minimum Gasteiger partial charge on any atom is -0.497 e. The second kappa shape index (κ2) is 6.83. The summed E-state index contributed by atoms with van der Waals surface area (Å²) < 4.78 is 7.28. The lowest BCUT2D eigenvalue weighted by Crippen LogP contribution is -2.37. The topological polar surface area (TPSA) is 59.4 Å². The van der Waals surface area contributed by atoms with Gasteiger partial charge in [0.2, 0.25) is 5.91 Å². The zero-order chi connectivity index (χ0) is 16.2. The van der Waals surface area contributed by atoms with Crippen molar-refractivity contribution < 1.29 is 9.53 Å². The number of rotatable bonds is 4. The molecule has 1 saturated heterocycles. The van der Waals surface area contributed by atoms with Crippen LogP contribution in [0.1, 0.15) is 19.2 Å². The number of carbonyl (C=O) groups excluding carboxylic acids is 1. The molecule has 1 unspecified atom stereocenters. The Morgan fingerprint density at radius 2 is 2.13 bits per heavy atom. The molecule has 2 heterocycles. The van der Waals surface area contributed by atoms with Crippen molar-refractivity contribution in [2.75, 3.05) is 20.2 Å². The number of methoxy groups -OCH3 is 1. The lowest BCUT2D eigenvalue weighted by atomic mass is 10.2. The van der Waals surface area contributed by atoms with Gasteiger partial charge < -0.3 is 14.6 Å². The smallest absolute Gasteiger partial charge is 0.221 e. The van der Waals surface area contributed by atoms with E-state index in [1.165, 1.54) is 0 Å². The van der Waals surface area contributed by atoms with Gasteiger partial charge in [-0.15, -0.1) is 0 Å². The second-order valence-corrected chi connectivity index (χ2v) is 5.79. The van der Waals surface area contributed by atoms with Crippen molar-refractivity contribution in [3.63, 3.8) is 0 Å². The lowest BCUT2D eigenvalue weighted by Gasteiger charge is -2.26. The molecule has 0 spiro atoms. The first-order chi connectivity index (χ1) is 11.2. The van der Waals surface area contributed by atoms with Crippen molar-refractivity contribution in [3.8, 4) is 11.4 Å². The molecule has 1 aliphatic heterocycles. The van der Waals surface area contributed by atoms with E-state index in [1.807, 2.05) is 36.7 Å². The van der Waals surface area contributed by atoms with Crippen molar-refractivity contribution >= 4 is 5.91 Å². The summed E-state index contributed by atoms with van der Waals surface area (Å²) in [5.74, 6) is 1.93. The van der Waals surface area contributed by atoms with Crippen LogP contribution < -0.4 is 10.1 Å². The van der Waals surface area contributed by atoms with E-state index < -0.39 is 0 Å². The average molecular weight is 314 g/mol. The molecule has 2 aromatic rings. The molecule has 3 rings (SSSR count). The van der Waals surface area contributed by atoms with Gasteiger partial charge in [-0.3, -0.25) is 9.69 Å². The molecule has 1 amide bonds. The second-order valence-electron chi connectivity index (χ2n) is 5.79. The molecular weight excluding hydrogens is 292 g/mol. The van der Waals surface area contributed by atoms with Crippen LogP contribution in [-0.2, 0) is 11.3 Å². The third-order valence-electron chi connectivity index (χ3n) is 4.26. The van der Waals surface area contributed by atoms with Crippen LogP contribution in [0.4, 0.5) is 0 Å². The van der Waals surface area contributed by atoms with Crippen LogP contribution in [0.3, 0.4) is 0 Å². The Labute approximate surface area is 136 Å². The number of hydrogen-bond acceptors (Lipinski definition) is 4. The van der Waals surface area contributed by atoms with Gasteiger partial charge in [-0.1, -0.05) is 0 Å². The molecule has 0 bridgehead atoms. The molecule has 0 radical (unpaired) electrons. The number of nitrogens with one attached hydrogen (secondary N) is 1. The molecule has 0 aliphatic carbocycles. The molecule has 1 aromatic carbocycles. The Bertz CT molecular complexity index is 665. The van der Waals surface area contributed by atoms with E-state index in [0.717, 1.165) is 30.4 Å². The first-order valence-corrected chi connectivity index (χ1v) is 7.85. The Morgan fingerprint density at radius 1 is 1.35 bits per heavy atom. The Kier molecular flexibility index (Phi) is 4.62. The largest absolute Gasteiger partial charge is 0.497 e. The molecule has 6 nitrogen and oxygen atoms in total. The van der Waals surface area contributed by atoms with Gasteiger partial charge in [0, 0.05) is 43.6 Å². The fourth-order valence-electron chi connectivity index (χ4n) is 2.79. The molecule has 1 aliphatic rings. The number of aromatic nitrogens is 2. The highest BCUT2D eigenvalue weighted by molar-refractivity contribution is 5.76. The Morgan fingerprint density at radius 3 is 2.87 bits per heavy atom. The van der Waals surface area contributed by atoms with Crippen molar-refractivity contribution in [2.45, 2.75) is 25.9 Å². The van der Waals surface area contributed by atoms with Gasteiger partial charge in [0.1, 0.15) is 11.6 Å². The minimum atomic E-state index is 0.123. The summed E-state index contributed by atoms with van der Waals surface area (Å²) in [7, 11) is 1.66. The van der Waals surface area contributed by atoms with Crippen LogP contribution in [0.2, 0.25) is 0 Å². The monoisotopic (exact) mass is 314 g/mol. The highest BCUT2D eigenvalue weighted by atomic mass is 16.5. The fraction of sp³-hybridized carbons (Fsp3) is 0.412. The molecule has 1 fully saturated rings. The van der Waals surface area contributed by atoms with Gasteiger partial charge in [0.25, 0.3) is 0 Å². The number of hydrogen-bond donors (Lipinski definition) is 1. The van der Waals surface area contributed by atoms with E-state index in [-0.39, 0.29) is 5.91 Å². The summed E-state index contributed by atoms with van der Waals surface area (Å²) in [5, 5.41) is 2.94. The molecular formula is C17H22N4O2. The van der Waals surface area contributed by atoms with Crippen LogP contribution in [0.15, 0.2) is 36.7 Å². The quantitative estimate of drug-likeness (QED) is 0.931. The summed E-state index contributed by atoms with van der Waals surface area (Å²) >= 11 is 0.